The minimum atomic E-state index is -0.706. The fraction of sp³-hybridized carbons (Fsp3) is 0.593. The first-order valence-corrected chi connectivity index (χ1v) is 11.7. The molecule has 2 aliphatic carbocycles. The Bertz CT molecular complexity index is 708. The second-order valence-corrected chi connectivity index (χ2v) is 9.14. The Labute approximate surface area is 176 Å². The highest BCUT2D eigenvalue weighted by atomic mass is 19.1. The van der Waals surface area contributed by atoms with E-state index in [9.17, 15) is 4.39 Å². The molecule has 0 aromatic heterocycles. The Hall–Kier alpha value is -1.88. The number of nitrogens with zero attached hydrogens (tertiary/aromatic N) is 1. The molecule has 0 spiro atoms. The van der Waals surface area contributed by atoms with Gasteiger partial charge in [-0.1, -0.05) is 49.8 Å². The summed E-state index contributed by atoms with van der Waals surface area (Å²) in [5.41, 5.74) is 3.04. The molecule has 1 aromatic rings. The van der Waals surface area contributed by atoms with Crippen molar-refractivity contribution in [2.45, 2.75) is 83.5 Å². The van der Waals surface area contributed by atoms with Crippen LogP contribution in [0.25, 0.3) is 0 Å². The summed E-state index contributed by atoms with van der Waals surface area (Å²) in [6, 6.07) is 11.0. The van der Waals surface area contributed by atoms with Gasteiger partial charge in [0.2, 0.25) is 0 Å². The van der Waals surface area contributed by atoms with Gasteiger partial charge in [0.05, 0.1) is 0 Å². The number of aryl methyl sites for hydroxylation is 1. The summed E-state index contributed by atoms with van der Waals surface area (Å²) >= 11 is 0. The van der Waals surface area contributed by atoms with E-state index >= 15 is 0 Å². The molecule has 3 rings (SSSR count). The fourth-order valence-electron chi connectivity index (χ4n) is 5.40. The van der Waals surface area contributed by atoms with E-state index in [1.54, 1.807) is 11.6 Å². The Kier molecular flexibility index (Phi) is 8.53. The number of hydrogen-bond donors (Lipinski definition) is 0. The quantitative estimate of drug-likeness (QED) is 0.339. The number of hydrogen-bond acceptors (Lipinski definition) is 1. The van der Waals surface area contributed by atoms with E-state index < -0.39 is 5.83 Å². The van der Waals surface area contributed by atoms with Gasteiger partial charge in [-0.2, -0.15) is 9.65 Å². The van der Waals surface area contributed by atoms with Crippen LogP contribution in [0.1, 0.15) is 88.2 Å². The monoisotopic (exact) mass is 393 g/mol. The average molecular weight is 394 g/mol. The number of halogens is 1. The van der Waals surface area contributed by atoms with Crippen molar-refractivity contribution in [3.05, 3.63) is 59.4 Å². The van der Waals surface area contributed by atoms with Gasteiger partial charge < -0.3 is 0 Å². The summed E-state index contributed by atoms with van der Waals surface area (Å²) in [4.78, 5) is 0. The third kappa shape index (κ3) is 6.56. The number of rotatable bonds is 7. The Morgan fingerprint density at radius 1 is 1.00 bits per heavy atom. The minimum absolute atomic E-state index is 0.552. The van der Waals surface area contributed by atoms with Crippen LogP contribution in [0.2, 0.25) is 0 Å². The van der Waals surface area contributed by atoms with E-state index in [0.717, 1.165) is 17.8 Å². The van der Waals surface area contributed by atoms with E-state index in [1.165, 1.54) is 88.3 Å². The zero-order valence-corrected chi connectivity index (χ0v) is 18.0. The van der Waals surface area contributed by atoms with E-state index in [4.69, 9.17) is 5.26 Å². The van der Waals surface area contributed by atoms with E-state index in [-0.39, 0.29) is 0 Å². The number of allylic oxidation sites excluding steroid dienone is 4. The van der Waals surface area contributed by atoms with Crippen molar-refractivity contribution >= 4 is 0 Å². The maximum Gasteiger partial charge on any atom is 0.199 e. The van der Waals surface area contributed by atoms with Crippen molar-refractivity contribution in [1.29, 1.82) is 5.26 Å². The highest BCUT2D eigenvalue weighted by Gasteiger charge is 2.30. The Morgan fingerprint density at radius 2 is 1.62 bits per heavy atom. The van der Waals surface area contributed by atoms with Crippen LogP contribution in [0, 0.1) is 29.1 Å². The SMILES string of the molecule is CCCCc1ccc(C2CCC(C3CCC(C=CC=C(F)C#N)CC3)CC2)cc1. The molecule has 0 radical (unpaired) electrons. The largest absolute Gasteiger partial charge is 0.199 e. The first kappa shape index (κ1) is 21.8. The molecular weight excluding hydrogens is 357 g/mol. The molecule has 0 aliphatic heterocycles. The molecule has 156 valence electrons. The molecular formula is C27H36FN. The molecule has 0 amide bonds. The highest BCUT2D eigenvalue weighted by Crippen LogP contribution is 2.44. The van der Waals surface area contributed by atoms with Gasteiger partial charge in [0.1, 0.15) is 6.07 Å². The van der Waals surface area contributed by atoms with Crippen molar-refractivity contribution in [3.8, 4) is 6.07 Å². The van der Waals surface area contributed by atoms with Crippen molar-refractivity contribution in [1.82, 2.24) is 0 Å². The molecule has 0 bridgehead atoms. The van der Waals surface area contributed by atoms with Crippen LogP contribution in [0.15, 0.2) is 48.3 Å². The van der Waals surface area contributed by atoms with Crippen molar-refractivity contribution in [2.24, 2.45) is 17.8 Å². The minimum Gasteiger partial charge on any atom is -0.195 e. The predicted molar refractivity (Wildman–Crippen MR) is 119 cm³/mol. The van der Waals surface area contributed by atoms with Gasteiger partial charge in [-0.15, -0.1) is 0 Å². The molecule has 0 N–H and O–H groups in total. The lowest BCUT2D eigenvalue weighted by molar-refractivity contribution is 0.171. The lowest BCUT2D eigenvalue weighted by atomic mass is 9.68. The molecule has 29 heavy (non-hydrogen) atoms. The summed E-state index contributed by atoms with van der Waals surface area (Å²) in [6.45, 7) is 2.26. The van der Waals surface area contributed by atoms with Crippen molar-refractivity contribution in [3.63, 3.8) is 0 Å². The molecule has 2 saturated carbocycles. The van der Waals surface area contributed by atoms with Gasteiger partial charge in [0.25, 0.3) is 0 Å². The highest BCUT2D eigenvalue weighted by molar-refractivity contribution is 5.26. The third-order valence-electron chi connectivity index (χ3n) is 7.26. The van der Waals surface area contributed by atoms with Gasteiger partial charge in [-0.3, -0.25) is 0 Å². The Morgan fingerprint density at radius 3 is 2.21 bits per heavy atom. The van der Waals surface area contributed by atoms with E-state index in [2.05, 4.69) is 37.3 Å². The smallest absolute Gasteiger partial charge is 0.195 e. The van der Waals surface area contributed by atoms with Crippen LogP contribution in [0.4, 0.5) is 4.39 Å². The maximum absolute atomic E-state index is 12.9. The molecule has 0 atom stereocenters. The molecule has 2 heteroatoms. The molecule has 0 heterocycles. The first-order chi connectivity index (χ1) is 14.2. The molecule has 2 aliphatic rings. The van der Waals surface area contributed by atoms with Gasteiger partial charge in [-0.05, 0) is 105 Å². The molecule has 2 fully saturated rings. The summed E-state index contributed by atoms with van der Waals surface area (Å²) < 4.78 is 12.9. The Balaban J connectivity index is 1.42. The summed E-state index contributed by atoms with van der Waals surface area (Å²) in [5.74, 6) is 2.38. The third-order valence-corrected chi connectivity index (χ3v) is 7.26. The zero-order chi connectivity index (χ0) is 20.5. The molecule has 1 nitrogen and oxygen atoms in total. The van der Waals surface area contributed by atoms with E-state index in [0.29, 0.717) is 5.92 Å². The number of unbranched alkanes of at least 4 members (excludes halogenated alkanes) is 1. The van der Waals surface area contributed by atoms with Crippen LogP contribution >= 0.6 is 0 Å². The van der Waals surface area contributed by atoms with Crippen LogP contribution in [-0.4, -0.2) is 0 Å². The first-order valence-electron chi connectivity index (χ1n) is 11.7. The normalized spacial score (nSPS) is 28.4. The van der Waals surface area contributed by atoms with Crippen molar-refractivity contribution in [2.75, 3.05) is 0 Å². The fourth-order valence-corrected chi connectivity index (χ4v) is 5.40. The van der Waals surface area contributed by atoms with Crippen LogP contribution in [-0.2, 0) is 6.42 Å². The van der Waals surface area contributed by atoms with Gasteiger partial charge in [0, 0.05) is 0 Å². The maximum atomic E-state index is 12.9. The second-order valence-electron chi connectivity index (χ2n) is 9.14. The standard InChI is InChI=1S/C27H36FN/c1-2-3-5-21-8-12-23(13-9-21)25-16-18-26(19-17-25)24-14-10-22(11-15-24)6-4-7-27(28)20-29/h4,6-9,12-13,22,24-26H,2-3,5,10-11,14-19H2,1H3. The van der Waals surface area contributed by atoms with Gasteiger partial charge >= 0.3 is 0 Å². The average Bonchev–Trinajstić information content (AvgIpc) is 2.78. The van der Waals surface area contributed by atoms with Crippen LogP contribution < -0.4 is 0 Å². The van der Waals surface area contributed by atoms with Crippen LogP contribution in [0.3, 0.4) is 0 Å². The van der Waals surface area contributed by atoms with E-state index in [1.807, 2.05) is 0 Å². The molecule has 0 unspecified atom stereocenters. The summed E-state index contributed by atoms with van der Waals surface area (Å²) in [7, 11) is 0. The van der Waals surface area contributed by atoms with Gasteiger partial charge in [-0.25, -0.2) is 0 Å². The summed E-state index contributed by atoms with van der Waals surface area (Å²) in [5, 5.41) is 8.46. The zero-order valence-electron chi connectivity index (χ0n) is 18.0. The number of nitriles is 1. The van der Waals surface area contributed by atoms with Gasteiger partial charge in [0.15, 0.2) is 5.83 Å². The lowest BCUT2D eigenvalue weighted by Crippen LogP contribution is -2.25. The lowest BCUT2D eigenvalue weighted by Gasteiger charge is -2.37. The van der Waals surface area contributed by atoms with Crippen molar-refractivity contribution < 1.29 is 4.39 Å². The predicted octanol–water partition coefficient (Wildman–Crippen LogP) is 8.04. The topological polar surface area (TPSA) is 23.8 Å². The van der Waals surface area contributed by atoms with Crippen LogP contribution in [0.5, 0.6) is 0 Å². The number of benzene rings is 1. The molecule has 1 aromatic carbocycles. The molecule has 0 saturated heterocycles. The summed E-state index contributed by atoms with van der Waals surface area (Å²) in [6.07, 6.45) is 19.3. The second kappa shape index (κ2) is 11.3.